The highest BCUT2D eigenvalue weighted by Gasteiger charge is 2.28. The van der Waals surface area contributed by atoms with Crippen LogP contribution in [0, 0.1) is 0 Å². The van der Waals surface area contributed by atoms with Gasteiger partial charge in [-0.05, 0) is 105 Å². The first kappa shape index (κ1) is 41.6. The summed E-state index contributed by atoms with van der Waals surface area (Å²) < 4.78 is 9.34. The van der Waals surface area contributed by atoms with Crippen molar-refractivity contribution in [3.8, 4) is 28.4 Å². The number of hydrogen-bond donors (Lipinski definition) is 0. The van der Waals surface area contributed by atoms with E-state index >= 15 is 0 Å². The Morgan fingerprint density at radius 1 is 0.431 bits per heavy atom. The molecule has 0 unspecified atom stereocenters. The molecule has 10 rings (SSSR count). The van der Waals surface area contributed by atoms with E-state index in [0.29, 0.717) is 6.67 Å². The standard InChI is InChI=1S/C60H56N4O/c1-58(2,3)46-24-17-25-49(35-46)62-32-33-63(41-62)50-36-48(60(6,7)45-22-15-10-16-23-45)37-52(39-50)65-51-27-28-53-54-34-43(42-18-11-8-12-19-42)26-29-55(54)64(56(53)40-51)57-38-47(30-31-61-57)59(4,5)44-20-13-9-14-21-44/h8-40H,41H2,1-7H3. The third-order valence-corrected chi connectivity index (χ3v) is 13.5. The average molecular weight is 849 g/mol. The van der Waals surface area contributed by atoms with Gasteiger partial charge in [0.25, 0.3) is 0 Å². The fourth-order valence-corrected chi connectivity index (χ4v) is 9.30. The summed E-state index contributed by atoms with van der Waals surface area (Å²) in [5, 5.41) is 2.30. The number of benzene rings is 7. The van der Waals surface area contributed by atoms with E-state index in [-0.39, 0.29) is 16.2 Å². The lowest BCUT2D eigenvalue weighted by Crippen LogP contribution is -2.26. The van der Waals surface area contributed by atoms with E-state index in [0.717, 1.165) is 44.8 Å². The first-order valence-corrected chi connectivity index (χ1v) is 22.7. The molecule has 0 spiro atoms. The molecule has 1 aliphatic heterocycles. The van der Waals surface area contributed by atoms with E-state index in [4.69, 9.17) is 9.72 Å². The van der Waals surface area contributed by atoms with E-state index in [2.05, 4.69) is 257 Å². The second kappa shape index (κ2) is 16.3. The molecule has 5 heteroatoms. The van der Waals surface area contributed by atoms with Gasteiger partial charge in [0.2, 0.25) is 0 Å². The SMILES string of the molecule is CC(C)(C)c1cccc(N2C=CN(c3cc(Oc4ccc5c6cc(-c7ccccc7)ccc6n(-c6cc(C(C)(C)c7ccccc7)ccn6)c5c4)cc(C(C)(C)c4ccccc4)c3)C2)c1. The van der Waals surface area contributed by atoms with Gasteiger partial charge in [-0.3, -0.25) is 4.57 Å². The zero-order valence-corrected chi connectivity index (χ0v) is 38.5. The highest BCUT2D eigenvalue weighted by Crippen LogP contribution is 2.42. The molecule has 322 valence electrons. The van der Waals surface area contributed by atoms with E-state index in [1.54, 1.807) is 0 Å². The van der Waals surface area contributed by atoms with E-state index in [1.165, 1.54) is 44.6 Å². The number of fused-ring (bicyclic) bond motifs is 3. The summed E-state index contributed by atoms with van der Waals surface area (Å²) in [7, 11) is 0. The zero-order valence-electron chi connectivity index (χ0n) is 38.5. The average Bonchev–Trinajstić information content (AvgIpc) is 3.96. The lowest BCUT2D eigenvalue weighted by atomic mass is 9.78. The van der Waals surface area contributed by atoms with Gasteiger partial charge in [-0.1, -0.05) is 158 Å². The lowest BCUT2D eigenvalue weighted by Gasteiger charge is -2.29. The maximum absolute atomic E-state index is 7.04. The predicted octanol–water partition coefficient (Wildman–Crippen LogP) is 15.3. The van der Waals surface area contributed by atoms with Gasteiger partial charge in [-0.25, -0.2) is 4.98 Å². The third kappa shape index (κ3) is 7.97. The summed E-state index contributed by atoms with van der Waals surface area (Å²) >= 11 is 0. The number of aromatic nitrogens is 2. The molecule has 65 heavy (non-hydrogen) atoms. The fraction of sp³-hybridized carbons (Fsp3) is 0.183. The molecule has 0 fully saturated rings. The van der Waals surface area contributed by atoms with Crippen molar-refractivity contribution in [3.05, 3.63) is 228 Å². The molecule has 0 N–H and O–H groups in total. The van der Waals surface area contributed by atoms with Gasteiger partial charge in [0.15, 0.2) is 0 Å². The first-order chi connectivity index (χ1) is 31.3. The molecule has 0 bridgehead atoms. The molecule has 0 aliphatic carbocycles. The van der Waals surface area contributed by atoms with Crippen molar-refractivity contribution in [2.24, 2.45) is 0 Å². The summed E-state index contributed by atoms with van der Waals surface area (Å²) in [6, 6.07) is 65.3. The summed E-state index contributed by atoms with van der Waals surface area (Å²) in [6.45, 7) is 16.6. The molecule has 5 nitrogen and oxygen atoms in total. The van der Waals surface area contributed by atoms with Crippen LogP contribution >= 0.6 is 0 Å². The summed E-state index contributed by atoms with van der Waals surface area (Å²) in [5.41, 5.74) is 12.4. The first-order valence-electron chi connectivity index (χ1n) is 22.7. The van der Waals surface area contributed by atoms with Crippen LogP contribution in [0.4, 0.5) is 11.4 Å². The van der Waals surface area contributed by atoms with Crippen LogP contribution in [0.3, 0.4) is 0 Å². The van der Waals surface area contributed by atoms with Gasteiger partial charge in [-0.2, -0.15) is 0 Å². The molecule has 0 saturated heterocycles. The van der Waals surface area contributed by atoms with Crippen LogP contribution in [0.1, 0.15) is 76.3 Å². The number of anilines is 2. The van der Waals surface area contributed by atoms with Crippen LogP contribution in [0.2, 0.25) is 0 Å². The Morgan fingerprint density at radius 3 is 1.75 bits per heavy atom. The maximum Gasteiger partial charge on any atom is 0.137 e. The van der Waals surface area contributed by atoms with E-state index in [9.17, 15) is 0 Å². The van der Waals surface area contributed by atoms with Gasteiger partial charge < -0.3 is 14.5 Å². The van der Waals surface area contributed by atoms with Gasteiger partial charge in [0, 0.05) is 63.7 Å². The second-order valence-corrected chi connectivity index (χ2v) is 19.5. The maximum atomic E-state index is 7.04. The largest absolute Gasteiger partial charge is 0.457 e. The predicted molar refractivity (Wildman–Crippen MR) is 272 cm³/mol. The molecule has 7 aromatic carbocycles. The molecule has 3 heterocycles. The van der Waals surface area contributed by atoms with Gasteiger partial charge in [-0.15, -0.1) is 0 Å². The number of pyridine rings is 1. The Morgan fingerprint density at radius 2 is 1.06 bits per heavy atom. The Balaban J connectivity index is 1.08. The molecule has 0 radical (unpaired) electrons. The van der Waals surface area contributed by atoms with Crippen molar-refractivity contribution in [3.63, 3.8) is 0 Å². The number of nitrogens with zero attached hydrogens (tertiary/aromatic N) is 4. The van der Waals surface area contributed by atoms with Crippen molar-refractivity contribution < 1.29 is 4.74 Å². The molecule has 9 aromatic rings. The third-order valence-electron chi connectivity index (χ3n) is 13.5. The fourth-order valence-electron chi connectivity index (χ4n) is 9.30. The van der Waals surface area contributed by atoms with Crippen LogP contribution in [0.15, 0.2) is 201 Å². The van der Waals surface area contributed by atoms with Crippen LogP contribution < -0.4 is 14.5 Å². The summed E-state index contributed by atoms with van der Waals surface area (Å²) in [6.07, 6.45) is 6.30. The summed E-state index contributed by atoms with van der Waals surface area (Å²) in [5.74, 6) is 2.40. The molecule has 2 aromatic heterocycles. The molecule has 1 aliphatic rings. The van der Waals surface area contributed by atoms with E-state index in [1.807, 2.05) is 6.20 Å². The van der Waals surface area contributed by atoms with Crippen molar-refractivity contribution in [1.29, 1.82) is 0 Å². The summed E-state index contributed by atoms with van der Waals surface area (Å²) in [4.78, 5) is 9.68. The van der Waals surface area contributed by atoms with Gasteiger partial charge >= 0.3 is 0 Å². The van der Waals surface area contributed by atoms with Crippen molar-refractivity contribution >= 4 is 33.2 Å². The highest BCUT2D eigenvalue weighted by atomic mass is 16.5. The zero-order chi connectivity index (χ0) is 44.9. The Labute approximate surface area is 383 Å². The Kier molecular flexibility index (Phi) is 10.5. The molecule has 0 saturated carbocycles. The molecule has 0 amide bonds. The minimum absolute atomic E-state index is 0.0606. The van der Waals surface area contributed by atoms with Gasteiger partial charge in [0.1, 0.15) is 17.3 Å². The second-order valence-electron chi connectivity index (χ2n) is 19.5. The number of rotatable bonds is 10. The monoisotopic (exact) mass is 848 g/mol. The quantitative estimate of drug-likeness (QED) is 0.137. The number of ether oxygens (including phenoxy) is 1. The highest BCUT2D eigenvalue weighted by molar-refractivity contribution is 6.10. The minimum atomic E-state index is -0.295. The number of hydrogen-bond acceptors (Lipinski definition) is 4. The van der Waals surface area contributed by atoms with Crippen LogP contribution in [0.5, 0.6) is 11.5 Å². The molecule has 0 atom stereocenters. The van der Waals surface area contributed by atoms with E-state index < -0.39 is 0 Å². The van der Waals surface area contributed by atoms with Crippen molar-refractivity contribution in [1.82, 2.24) is 9.55 Å². The van der Waals surface area contributed by atoms with Gasteiger partial charge in [0.05, 0.1) is 17.7 Å². The normalized spacial score (nSPS) is 13.3. The molecular weight excluding hydrogens is 793 g/mol. The minimum Gasteiger partial charge on any atom is -0.457 e. The van der Waals surface area contributed by atoms with Crippen LogP contribution in [0.25, 0.3) is 38.8 Å². The van der Waals surface area contributed by atoms with Crippen LogP contribution in [-0.2, 0) is 16.2 Å². The Hall–Kier alpha value is -7.37. The Bertz CT molecular complexity index is 3190. The lowest BCUT2D eigenvalue weighted by molar-refractivity contribution is 0.480. The van der Waals surface area contributed by atoms with Crippen LogP contribution in [-0.4, -0.2) is 16.2 Å². The van der Waals surface area contributed by atoms with Crippen molar-refractivity contribution in [2.45, 2.75) is 64.7 Å². The smallest absolute Gasteiger partial charge is 0.137 e. The van der Waals surface area contributed by atoms with Crippen molar-refractivity contribution in [2.75, 3.05) is 16.5 Å². The molecular formula is C60H56N4O. The topological polar surface area (TPSA) is 33.5 Å².